The number of rotatable bonds is 3. The van der Waals surface area contributed by atoms with Crippen molar-refractivity contribution in [1.82, 2.24) is 5.32 Å². The normalized spacial score (nSPS) is 10.2. The van der Waals surface area contributed by atoms with Crippen LogP contribution in [0.4, 0.5) is 14.9 Å². The molecule has 0 spiro atoms. The molecule has 2 aromatic rings. The molecule has 2 rings (SSSR count). The van der Waals surface area contributed by atoms with Crippen molar-refractivity contribution in [3.05, 3.63) is 65.0 Å². The number of amides is 2. The highest BCUT2D eigenvalue weighted by atomic mass is 19.1. The van der Waals surface area contributed by atoms with Gasteiger partial charge < -0.3 is 10.6 Å². The van der Waals surface area contributed by atoms with E-state index in [0.717, 1.165) is 11.3 Å². The van der Waals surface area contributed by atoms with Gasteiger partial charge in [-0.2, -0.15) is 0 Å². The van der Waals surface area contributed by atoms with Crippen LogP contribution in [-0.4, -0.2) is 6.03 Å². The molecule has 20 heavy (non-hydrogen) atoms. The Bertz CT molecular complexity index is 626. The molecule has 0 radical (unpaired) electrons. The van der Waals surface area contributed by atoms with Crippen LogP contribution in [0.5, 0.6) is 0 Å². The summed E-state index contributed by atoms with van der Waals surface area (Å²) in [5, 5.41) is 5.36. The van der Waals surface area contributed by atoms with Gasteiger partial charge in [-0.1, -0.05) is 24.3 Å². The summed E-state index contributed by atoms with van der Waals surface area (Å²) in [6, 6.07) is 11.7. The molecule has 0 atom stereocenters. The lowest BCUT2D eigenvalue weighted by molar-refractivity contribution is 0.251. The second kappa shape index (κ2) is 6.19. The Morgan fingerprint density at radius 2 is 1.85 bits per heavy atom. The summed E-state index contributed by atoms with van der Waals surface area (Å²) in [6.07, 6.45) is 0. The highest BCUT2D eigenvalue weighted by molar-refractivity contribution is 5.89. The zero-order valence-electron chi connectivity index (χ0n) is 11.5. The molecule has 0 saturated heterocycles. The first-order chi connectivity index (χ1) is 9.56. The number of hydrogen-bond donors (Lipinski definition) is 2. The number of anilines is 1. The molecular formula is C16H17FN2O. The molecule has 3 nitrogen and oxygen atoms in total. The molecule has 0 bridgehead atoms. The maximum Gasteiger partial charge on any atom is 0.319 e. The first-order valence-corrected chi connectivity index (χ1v) is 6.42. The largest absolute Gasteiger partial charge is 0.334 e. The maximum absolute atomic E-state index is 13.4. The fraction of sp³-hybridized carbons (Fsp3) is 0.188. The summed E-state index contributed by atoms with van der Waals surface area (Å²) in [5.74, 6) is -0.320. The topological polar surface area (TPSA) is 41.1 Å². The van der Waals surface area contributed by atoms with Crippen molar-refractivity contribution in [2.45, 2.75) is 20.4 Å². The molecule has 4 heteroatoms. The number of carbonyl (C=O) groups excluding carboxylic acids is 1. The second-order valence-corrected chi connectivity index (χ2v) is 4.70. The van der Waals surface area contributed by atoms with E-state index in [4.69, 9.17) is 0 Å². The Morgan fingerprint density at radius 3 is 2.55 bits per heavy atom. The smallest absolute Gasteiger partial charge is 0.319 e. The molecule has 0 aliphatic carbocycles. The molecule has 0 aromatic heterocycles. The molecule has 2 N–H and O–H groups in total. The van der Waals surface area contributed by atoms with Gasteiger partial charge in [0, 0.05) is 17.8 Å². The number of nitrogens with one attached hydrogen (secondary N) is 2. The summed E-state index contributed by atoms with van der Waals surface area (Å²) in [7, 11) is 0. The Kier molecular flexibility index (Phi) is 4.35. The summed E-state index contributed by atoms with van der Waals surface area (Å²) in [5.41, 5.74) is 3.46. The highest BCUT2D eigenvalue weighted by Crippen LogP contribution is 2.14. The molecular weight excluding hydrogens is 255 g/mol. The van der Waals surface area contributed by atoms with Crippen molar-refractivity contribution in [3.63, 3.8) is 0 Å². The van der Waals surface area contributed by atoms with Gasteiger partial charge >= 0.3 is 6.03 Å². The van der Waals surface area contributed by atoms with Gasteiger partial charge in [0.1, 0.15) is 5.82 Å². The Balaban J connectivity index is 1.93. The van der Waals surface area contributed by atoms with Crippen molar-refractivity contribution < 1.29 is 9.18 Å². The van der Waals surface area contributed by atoms with Gasteiger partial charge in [0.25, 0.3) is 0 Å². The fourth-order valence-electron chi connectivity index (χ4n) is 1.81. The molecule has 0 aliphatic rings. The number of benzene rings is 2. The quantitative estimate of drug-likeness (QED) is 0.877. The predicted octanol–water partition coefficient (Wildman–Crippen LogP) is 3.76. The summed E-state index contributed by atoms with van der Waals surface area (Å²) in [4.78, 5) is 11.7. The van der Waals surface area contributed by atoms with Gasteiger partial charge in [0.2, 0.25) is 0 Å². The van der Waals surface area contributed by atoms with E-state index in [1.165, 1.54) is 11.6 Å². The molecule has 2 aromatic carbocycles. The molecule has 0 unspecified atom stereocenters. The summed E-state index contributed by atoms with van der Waals surface area (Å²) < 4.78 is 13.4. The maximum atomic E-state index is 13.4. The van der Waals surface area contributed by atoms with Gasteiger partial charge in [-0.3, -0.25) is 0 Å². The van der Waals surface area contributed by atoms with E-state index in [1.54, 1.807) is 18.2 Å². The van der Waals surface area contributed by atoms with Gasteiger partial charge in [-0.15, -0.1) is 0 Å². The van der Waals surface area contributed by atoms with Crippen molar-refractivity contribution in [3.8, 4) is 0 Å². The van der Waals surface area contributed by atoms with E-state index in [1.807, 2.05) is 32.0 Å². The van der Waals surface area contributed by atoms with Crippen LogP contribution in [0.3, 0.4) is 0 Å². The van der Waals surface area contributed by atoms with E-state index in [2.05, 4.69) is 10.6 Å². The lowest BCUT2D eigenvalue weighted by atomic mass is 10.1. The van der Waals surface area contributed by atoms with Crippen LogP contribution in [0, 0.1) is 19.7 Å². The Hall–Kier alpha value is -2.36. The van der Waals surface area contributed by atoms with Crippen LogP contribution in [0.2, 0.25) is 0 Å². The molecule has 2 amide bonds. The Labute approximate surface area is 117 Å². The van der Waals surface area contributed by atoms with Crippen LogP contribution >= 0.6 is 0 Å². The van der Waals surface area contributed by atoms with Crippen molar-refractivity contribution in [2.24, 2.45) is 0 Å². The van der Waals surface area contributed by atoms with Crippen LogP contribution in [0.15, 0.2) is 42.5 Å². The van der Waals surface area contributed by atoms with E-state index < -0.39 is 0 Å². The second-order valence-electron chi connectivity index (χ2n) is 4.70. The van der Waals surface area contributed by atoms with Crippen LogP contribution in [0.1, 0.15) is 16.7 Å². The molecule has 0 fully saturated rings. The Morgan fingerprint density at radius 1 is 1.10 bits per heavy atom. The third kappa shape index (κ3) is 3.57. The van der Waals surface area contributed by atoms with Crippen molar-refractivity contribution in [1.29, 1.82) is 0 Å². The first kappa shape index (κ1) is 14.1. The number of hydrogen-bond acceptors (Lipinski definition) is 1. The summed E-state index contributed by atoms with van der Waals surface area (Å²) >= 11 is 0. The van der Waals surface area contributed by atoms with Crippen molar-refractivity contribution in [2.75, 3.05) is 5.32 Å². The fourth-order valence-corrected chi connectivity index (χ4v) is 1.81. The highest BCUT2D eigenvalue weighted by Gasteiger charge is 2.05. The van der Waals surface area contributed by atoms with E-state index >= 15 is 0 Å². The standard InChI is InChI=1S/C16H17FN2O/c1-11-7-8-14(9-12(11)2)19-16(20)18-10-13-5-3-4-6-15(13)17/h3-9H,10H2,1-2H3,(H2,18,19,20). The lowest BCUT2D eigenvalue weighted by Gasteiger charge is -2.09. The molecule has 0 saturated carbocycles. The van der Waals surface area contributed by atoms with Gasteiger partial charge in [0.05, 0.1) is 0 Å². The zero-order chi connectivity index (χ0) is 14.5. The van der Waals surface area contributed by atoms with Gasteiger partial charge in [-0.25, -0.2) is 9.18 Å². The molecule has 0 heterocycles. The van der Waals surface area contributed by atoms with E-state index in [9.17, 15) is 9.18 Å². The first-order valence-electron chi connectivity index (χ1n) is 6.42. The minimum atomic E-state index is -0.350. The number of halogens is 1. The zero-order valence-corrected chi connectivity index (χ0v) is 11.5. The lowest BCUT2D eigenvalue weighted by Crippen LogP contribution is -2.28. The third-order valence-electron chi connectivity index (χ3n) is 3.16. The minimum absolute atomic E-state index is 0.156. The van der Waals surface area contributed by atoms with E-state index in [0.29, 0.717) is 5.56 Å². The number of aryl methyl sites for hydroxylation is 2. The van der Waals surface area contributed by atoms with Crippen LogP contribution < -0.4 is 10.6 Å². The predicted molar refractivity (Wildman–Crippen MR) is 78.2 cm³/mol. The SMILES string of the molecule is Cc1ccc(NC(=O)NCc2ccccc2F)cc1C. The average molecular weight is 272 g/mol. The molecule has 104 valence electrons. The monoisotopic (exact) mass is 272 g/mol. The van der Waals surface area contributed by atoms with E-state index in [-0.39, 0.29) is 18.4 Å². The number of carbonyl (C=O) groups is 1. The molecule has 0 aliphatic heterocycles. The van der Waals surface area contributed by atoms with Gasteiger partial charge in [0.15, 0.2) is 0 Å². The average Bonchev–Trinajstić information content (AvgIpc) is 2.42. The number of urea groups is 1. The summed E-state index contributed by atoms with van der Waals surface area (Å²) in [6.45, 7) is 4.15. The minimum Gasteiger partial charge on any atom is -0.334 e. The van der Waals surface area contributed by atoms with Gasteiger partial charge in [-0.05, 0) is 43.2 Å². The third-order valence-corrected chi connectivity index (χ3v) is 3.16. The van der Waals surface area contributed by atoms with Crippen LogP contribution in [-0.2, 0) is 6.54 Å². The van der Waals surface area contributed by atoms with Crippen LogP contribution in [0.25, 0.3) is 0 Å². The van der Waals surface area contributed by atoms with Crippen molar-refractivity contribution >= 4 is 11.7 Å².